The quantitative estimate of drug-likeness (QED) is 0.537. The SMILES string of the molecule is c1csc(-c2nc(-c3ccc4c(c3)ncn4CCN3CCCC3)no2)c1. The number of hydrogen-bond donors (Lipinski definition) is 0. The average molecular weight is 365 g/mol. The van der Waals surface area contributed by atoms with E-state index in [0.717, 1.165) is 34.6 Å². The minimum atomic E-state index is 0.561. The largest absolute Gasteiger partial charge is 0.333 e. The van der Waals surface area contributed by atoms with Crippen molar-refractivity contribution in [1.29, 1.82) is 0 Å². The van der Waals surface area contributed by atoms with Gasteiger partial charge in [-0.15, -0.1) is 11.3 Å². The second-order valence-electron chi connectivity index (χ2n) is 6.59. The molecular weight excluding hydrogens is 346 g/mol. The van der Waals surface area contributed by atoms with Crippen molar-refractivity contribution >= 4 is 22.4 Å². The van der Waals surface area contributed by atoms with Crippen LogP contribution in [0, 0.1) is 0 Å². The van der Waals surface area contributed by atoms with Gasteiger partial charge in [0, 0.05) is 18.7 Å². The fourth-order valence-electron chi connectivity index (χ4n) is 3.48. The molecule has 0 saturated carbocycles. The highest BCUT2D eigenvalue weighted by Crippen LogP contribution is 2.27. The lowest BCUT2D eigenvalue weighted by molar-refractivity contribution is 0.324. The predicted molar refractivity (Wildman–Crippen MR) is 102 cm³/mol. The van der Waals surface area contributed by atoms with Crippen LogP contribution < -0.4 is 0 Å². The highest BCUT2D eigenvalue weighted by molar-refractivity contribution is 7.13. The van der Waals surface area contributed by atoms with Gasteiger partial charge in [0.1, 0.15) is 0 Å². The molecule has 0 atom stereocenters. The number of benzene rings is 1. The van der Waals surface area contributed by atoms with Gasteiger partial charge in [-0.05, 0) is 55.6 Å². The molecule has 0 amide bonds. The fourth-order valence-corrected chi connectivity index (χ4v) is 4.12. The van der Waals surface area contributed by atoms with Crippen molar-refractivity contribution in [2.45, 2.75) is 19.4 Å². The summed E-state index contributed by atoms with van der Waals surface area (Å²) in [6.07, 6.45) is 4.58. The number of nitrogens with zero attached hydrogens (tertiary/aromatic N) is 5. The summed E-state index contributed by atoms with van der Waals surface area (Å²) >= 11 is 1.59. The Balaban J connectivity index is 1.38. The van der Waals surface area contributed by atoms with Gasteiger partial charge in [-0.1, -0.05) is 11.2 Å². The summed E-state index contributed by atoms with van der Waals surface area (Å²) in [5.74, 6) is 1.16. The minimum absolute atomic E-state index is 0.561. The Morgan fingerprint density at radius 3 is 2.88 bits per heavy atom. The van der Waals surface area contributed by atoms with E-state index in [4.69, 9.17) is 4.52 Å². The van der Waals surface area contributed by atoms with Crippen LogP contribution in [0.2, 0.25) is 0 Å². The molecular formula is C19H19N5OS. The van der Waals surface area contributed by atoms with Crippen LogP contribution in [0.1, 0.15) is 12.8 Å². The van der Waals surface area contributed by atoms with Gasteiger partial charge in [-0.25, -0.2) is 4.98 Å². The van der Waals surface area contributed by atoms with Gasteiger partial charge in [0.15, 0.2) is 0 Å². The summed E-state index contributed by atoms with van der Waals surface area (Å²) in [5, 5.41) is 6.12. The molecule has 1 fully saturated rings. The summed E-state index contributed by atoms with van der Waals surface area (Å²) in [7, 11) is 0. The minimum Gasteiger partial charge on any atom is -0.333 e. The Bertz CT molecular complexity index is 1010. The van der Waals surface area contributed by atoms with Crippen LogP contribution >= 0.6 is 11.3 Å². The maximum atomic E-state index is 5.39. The smallest absolute Gasteiger partial charge is 0.268 e. The van der Waals surface area contributed by atoms with Crippen LogP contribution in [-0.2, 0) is 6.54 Å². The van der Waals surface area contributed by atoms with Gasteiger partial charge in [0.05, 0.1) is 22.2 Å². The normalized spacial score (nSPS) is 15.2. The lowest BCUT2D eigenvalue weighted by Crippen LogP contribution is -2.23. The first-order valence-corrected chi connectivity index (χ1v) is 9.80. The Hall–Kier alpha value is -2.51. The number of aromatic nitrogens is 4. The lowest BCUT2D eigenvalue weighted by Gasteiger charge is -2.14. The van der Waals surface area contributed by atoms with Crippen LogP contribution in [0.25, 0.3) is 33.2 Å². The fraction of sp³-hybridized carbons (Fsp3) is 0.316. The molecule has 7 heteroatoms. The Labute approximate surface area is 155 Å². The van der Waals surface area contributed by atoms with Crippen molar-refractivity contribution < 1.29 is 4.52 Å². The topological polar surface area (TPSA) is 60.0 Å². The third kappa shape index (κ3) is 2.93. The molecule has 1 aromatic carbocycles. The molecule has 4 aromatic rings. The standard InChI is InChI=1S/C19H19N5OS/c1-2-8-23(7-1)9-10-24-13-20-15-12-14(5-6-16(15)24)18-21-19(25-22-18)17-4-3-11-26-17/h3-6,11-13H,1-2,7-10H2. The maximum absolute atomic E-state index is 5.39. The molecule has 1 aliphatic heterocycles. The first kappa shape index (κ1) is 15.7. The molecule has 0 unspecified atom stereocenters. The zero-order valence-corrected chi connectivity index (χ0v) is 15.2. The number of fused-ring (bicyclic) bond motifs is 1. The first-order chi connectivity index (χ1) is 12.9. The maximum Gasteiger partial charge on any atom is 0.268 e. The zero-order chi connectivity index (χ0) is 17.3. The van der Waals surface area contributed by atoms with Crippen molar-refractivity contribution in [2.24, 2.45) is 0 Å². The summed E-state index contributed by atoms with van der Waals surface area (Å²) < 4.78 is 7.62. The van der Waals surface area contributed by atoms with E-state index in [-0.39, 0.29) is 0 Å². The Morgan fingerprint density at radius 1 is 1.12 bits per heavy atom. The molecule has 0 aliphatic carbocycles. The molecule has 3 aromatic heterocycles. The number of rotatable bonds is 5. The molecule has 5 rings (SSSR count). The Morgan fingerprint density at radius 2 is 2.04 bits per heavy atom. The van der Waals surface area contributed by atoms with E-state index in [1.54, 1.807) is 11.3 Å². The summed E-state index contributed by atoms with van der Waals surface area (Å²) in [6, 6.07) is 10.1. The predicted octanol–water partition coefficient (Wildman–Crippen LogP) is 3.91. The molecule has 4 heterocycles. The van der Waals surface area contributed by atoms with Gasteiger partial charge >= 0.3 is 0 Å². The van der Waals surface area contributed by atoms with E-state index in [1.165, 1.54) is 25.9 Å². The monoisotopic (exact) mass is 365 g/mol. The van der Waals surface area contributed by atoms with Crippen LogP contribution in [0.3, 0.4) is 0 Å². The van der Waals surface area contributed by atoms with Gasteiger partial charge in [-0.2, -0.15) is 4.98 Å². The highest BCUT2D eigenvalue weighted by atomic mass is 32.1. The molecule has 0 N–H and O–H groups in total. The van der Waals surface area contributed by atoms with Crippen LogP contribution in [-0.4, -0.2) is 44.2 Å². The van der Waals surface area contributed by atoms with Crippen molar-refractivity contribution in [2.75, 3.05) is 19.6 Å². The van der Waals surface area contributed by atoms with E-state index < -0.39 is 0 Å². The van der Waals surface area contributed by atoms with Gasteiger partial charge in [0.2, 0.25) is 5.82 Å². The number of imidazole rings is 1. The van der Waals surface area contributed by atoms with Crippen molar-refractivity contribution in [3.8, 4) is 22.2 Å². The van der Waals surface area contributed by atoms with Gasteiger partial charge < -0.3 is 14.0 Å². The molecule has 26 heavy (non-hydrogen) atoms. The third-order valence-corrected chi connectivity index (χ3v) is 5.75. The molecule has 0 spiro atoms. The van der Waals surface area contributed by atoms with E-state index in [0.29, 0.717) is 11.7 Å². The van der Waals surface area contributed by atoms with Crippen molar-refractivity contribution in [1.82, 2.24) is 24.6 Å². The average Bonchev–Trinajstić information content (AvgIpc) is 3.47. The Kier molecular flexibility index (Phi) is 4.03. The second-order valence-corrected chi connectivity index (χ2v) is 7.54. The van der Waals surface area contributed by atoms with E-state index in [2.05, 4.69) is 30.7 Å². The molecule has 0 radical (unpaired) electrons. The summed E-state index contributed by atoms with van der Waals surface area (Å²) in [5.41, 5.74) is 3.04. The van der Waals surface area contributed by atoms with Crippen LogP contribution in [0.5, 0.6) is 0 Å². The van der Waals surface area contributed by atoms with E-state index in [9.17, 15) is 0 Å². The molecule has 6 nitrogen and oxygen atoms in total. The number of likely N-dealkylation sites (tertiary alicyclic amines) is 1. The first-order valence-electron chi connectivity index (χ1n) is 8.92. The number of hydrogen-bond acceptors (Lipinski definition) is 6. The lowest BCUT2D eigenvalue weighted by atomic mass is 10.2. The van der Waals surface area contributed by atoms with E-state index in [1.807, 2.05) is 36.0 Å². The summed E-state index contributed by atoms with van der Waals surface area (Å²) in [6.45, 7) is 4.51. The second kappa shape index (κ2) is 6.66. The molecule has 1 aliphatic rings. The van der Waals surface area contributed by atoms with Gasteiger partial charge in [-0.3, -0.25) is 0 Å². The molecule has 1 saturated heterocycles. The van der Waals surface area contributed by atoms with Crippen molar-refractivity contribution in [3.63, 3.8) is 0 Å². The molecule has 132 valence electrons. The van der Waals surface area contributed by atoms with Crippen LogP contribution in [0.15, 0.2) is 46.6 Å². The molecule has 0 bridgehead atoms. The van der Waals surface area contributed by atoms with Crippen molar-refractivity contribution in [3.05, 3.63) is 42.0 Å². The van der Waals surface area contributed by atoms with E-state index >= 15 is 0 Å². The third-order valence-electron chi connectivity index (χ3n) is 4.89. The van der Waals surface area contributed by atoms with Gasteiger partial charge in [0.25, 0.3) is 5.89 Å². The highest BCUT2D eigenvalue weighted by Gasteiger charge is 2.14. The van der Waals surface area contributed by atoms with Crippen LogP contribution in [0.4, 0.5) is 0 Å². The zero-order valence-electron chi connectivity index (χ0n) is 14.3. The summed E-state index contributed by atoms with van der Waals surface area (Å²) in [4.78, 5) is 12.6. The number of thiophene rings is 1.